The molecule has 3 nitrogen and oxygen atoms in total. The summed E-state index contributed by atoms with van der Waals surface area (Å²) in [6, 6.07) is 2.78. The molecule has 0 spiro atoms. The van der Waals surface area contributed by atoms with E-state index < -0.39 is 17.4 Å². The Bertz CT molecular complexity index is 355. The van der Waals surface area contributed by atoms with Gasteiger partial charge in [0.05, 0.1) is 0 Å². The molecule has 0 aliphatic heterocycles. The highest BCUT2D eigenvalue weighted by atomic mass is 19.4. The Morgan fingerprint density at radius 3 is 2.38 bits per heavy atom. The molecule has 6 heteroatoms. The van der Waals surface area contributed by atoms with Gasteiger partial charge in [0.25, 0.3) is 5.56 Å². The van der Waals surface area contributed by atoms with Crippen LogP contribution < -0.4 is 10.4 Å². The van der Waals surface area contributed by atoms with Crippen molar-refractivity contribution in [3.63, 3.8) is 0 Å². The predicted molar refractivity (Wildman–Crippen MR) is 38.2 cm³/mol. The van der Waals surface area contributed by atoms with Gasteiger partial charge < -0.3 is 4.84 Å². The van der Waals surface area contributed by atoms with Crippen LogP contribution in [0.5, 0.6) is 0 Å². The summed E-state index contributed by atoms with van der Waals surface area (Å²) in [7, 11) is 0.997. The van der Waals surface area contributed by atoms with Gasteiger partial charge in [0.15, 0.2) is 5.69 Å². The molecule has 1 heterocycles. The van der Waals surface area contributed by atoms with E-state index in [4.69, 9.17) is 0 Å². The quantitative estimate of drug-likeness (QED) is 0.664. The first-order chi connectivity index (χ1) is 5.96. The SMILES string of the molecule is COn1c(C(F)(F)F)cccc1=O. The molecular formula is C7H6F3NO2. The molecule has 1 aromatic heterocycles. The Kier molecular flexibility index (Phi) is 2.31. The third kappa shape index (κ3) is 1.82. The number of rotatable bonds is 1. The smallest absolute Gasteiger partial charge is 0.413 e. The minimum absolute atomic E-state index is 0.194. The van der Waals surface area contributed by atoms with Crippen molar-refractivity contribution >= 4 is 0 Å². The summed E-state index contributed by atoms with van der Waals surface area (Å²) in [5.74, 6) is 0. The van der Waals surface area contributed by atoms with Crippen LogP contribution in [0.3, 0.4) is 0 Å². The Hall–Kier alpha value is -1.46. The predicted octanol–water partition coefficient (Wildman–Crippen LogP) is 0.925. The van der Waals surface area contributed by atoms with Gasteiger partial charge in [0.2, 0.25) is 0 Å². The highest BCUT2D eigenvalue weighted by Crippen LogP contribution is 2.27. The second-order valence-electron chi connectivity index (χ2n) is 2.22. The van der Waals surface area contributed by atoms with Gasteiger partial charge in [-0.25, -0.2) is 0 Å². The molecule has 0 unspecified atom stereocenters. The molecule has 0 aliphatic carbocycles. The van der Waals surface area contributed by atoms with E-state index >= 15 is 0 Å². The van der Waals surface area contributed by atoms with Crippen molar-refractivity contribution in [2.24, 2.45) is 0 Å². The maximum absolute atomic E-state index is 12.2. The van der Waals surface area contributed by atoms with E-state index in [1.54, 1.807) is 0 Å². The molecule has 0 aliphatic rings. The topological polar surface area (TPSA) is 31.2 Å². The van der Waals surface area contributed by atoms with Crippen LogP contribution in [0.4, 0.5) is 13.2 Å². The summed E-state index contributed by atoms with van der Waals surface area (Å²) in [4.78, 5) is 15.1. The van der Waals surface area contributed by atoms with Crippen LogP contribution in [0.2, 0.25) is 0 Å². The van der Waals surface area contributed by atoms with Gasteiger partial charge >= 0.3 is 6.18 Å². The zero-order valence-electron chi connectivity index (χ0n) is 6.63. The van der Waals surface area contributed by atoms with Crippen LogP contribution in [0.15, 0.2) is 23.0 Å². The molecule has 0 radical (unpaired) electrons. The van der Waals surface area contributed by atoms with E-state index in [9.17, 15) is 18.0 Å². The molecular weight excluding hydrogens is 187 g/mol. The lowest BCUT2D eigenvalue weighted by Gasteiger charge is -2.12. The van der Waals surface area contributed by atoms with Gasteiger partial charge in [-0.2, -0.15) is 13.2 Å². The van der Waals surface area contributed by atoms with Crippen molar-refractivity contribution in [2.45, 2.75) is 6.18 Å². The fraction of sp³-hybridized carbons (Fsp3) is 0.286. The fourth-order valence-electron chi connectivity index (χ4n) is 0.874. The Balaban J connectivity index is 3.38. The average molecular weight is 193 g/mol. The Morgan fingerprint density at radius 1 is 1.38 bits per heavy atom. The van der Waals surface area contributed by atoms with Gasteiger partial charge in [-0.3, -0.25) is 4.79 Å². The van der Waals surface area contributed by atoms with Crippen molar-refractivity contribution in [3.8, 4) is 0 Å². The minimum Gasteiger partial charge on any atom is -0.413 e. The number of alkyl halides is 3. The molecule has 0 atom stereocenters. The lowest BCUT2D eigenvalue weighted by atomic mass is 10.3. The molecule has 13 heavy (non-hydrogen) atoms. The molecule has 0 amide bonds. The van der Waals surface area contributed by atoms with Crippen LogP contribution in [-0.4, -0.2) is 11.8 Å². The number of hydrogen-bond acceptors (Lipinski definition) is 2. The Morgan fingerprint density at radius 2 is 2.00 bits per heavy atom. The van der Waals surface area contributed by atoms with E-state index in [0.29, 0.717) is 0 Å². The zero-order chi connectivity index (χ0) is 10.1. The summed E-state index contributed by atoms with van der Waals surface area (Å²) in [6.07, 6.45) is -4.59. The van der Waals surface area contributed by atoms with Crippen molar-refractivity contribution in [1.29, 1.82) is 0 Å². The van der Waals surface area contributed by atoms with Crippen molar-refractivity contribution in [2.75, 3.05) is 7.11 Å². The van der Waals surface area contributed by atoms with Gasteiger partial charge in [0.1, 0.15) is 7.11 Å². The van der Waals surface area contributed by atoms with E-state index in [1.165, 1.54) is 0 Å². The molecule has 1 rings (SSSR count). The molecule has 72 valence electrons. The molecule has 0 saturated carbocycles. The van der Waals surface area contributed by atoms with Crippen molar-refractivity contribution in [3.05, 3.63) is 34.2 Å². The van der Waals surface area contributed by atoms with Gasteiger partial charge in [-0.15, -0.1) is 4.73 Å². The number of hydrogen-bond donors (Lipinski definition) is 0. The molecule has 0 N–H and O–H groups in total. The van der Waals surface area contributed by atoms with E-state index in [1.807, 2.05) is 0 Å². The number of nitrogens with zero attached hydrogens (tertiary/aromatic N) is 1. The first-order valence-corrected chi connectivity index (χ1v) is 3.30. The minimum atomic E-state index is -4.59. The summed E-state index contributed by atoms with van der Waals surface area (Å²) in [5.41, 5.74) is -1.97. The van der Waals surface area contributed by atoms with E-state index in [-0.39, 0.29) is 4.73 Å². The second-order valence-corrected chi connectivity index (χ2v) is 2.22. The van der Waals surface area contributed by atoms with Crippen LogP contribution in [0.1, 0.15) is 5.69 Å². The summed E-state index contributed by atoms with van der Waals surface area (Å²) in [5, 5.41) is 0. The highest BCUT2D eigenvalue weighted by Gasteiger charge is 2.35. The van der Waals surface area contributed by atoms with E-state index in [0.717, 1.165) is 25.3 Å². The number of pyridine rings is 1. The highest BCUT2D eigenvalue weighted by molar-refractivity contribution is 5.08. The first kappa shape index (κ1) is 9.63. The summed E-state index contributed by atoms with van der Waals surface area (Å²) in [6.45, 7) is 0. The number of aromatic nitrogens is 1. The third-order valence-electron chi connectivity index (χ3n) is 1.38. The van der Waals surface area contributed by atoms with Crippen LogP contribution in [0, 0.1) is 0 Å². The van der Waals surface area contributed by atoms with Gasteiger partial charge in [-0.05, 0) is 6.07 Å². The van der Waals surface area contributed by atoms with E-state index in [2.05, 4.69) is 4.84 Å². The van der Waals surface area contributed by atoms with Crippen molar-refractivity contribution in [1.82, 2.24) is 4.73 Å². The molecule has 0 bridgehead atoms. The summed E-state index contributed by atoms with van der Waals surface area (Å²) >= 11 is 0. The second kappa shape index (κ2) is 3.12. The monoisotopic (exact) mass is 193 g/mol. The largest absolute Gasteiger partial charge is 0.434 e. The lowest BCUT2D eigenvalue weighted by molar-refractivity contribution is -0.151. The van der Waals surface area contributed by atoms with Gasteiger partial charge in [-0.1, -0.05) is 6.07 Å². The molecule has 0 saturated heterocycles. The zero-order valence-corrected chi connectivity index (χ0v) is 6.63. The molecule has 0 fully saturated rings. The van der Waals surface area contributed by atoms with Crippen LogP contribution >= 0.6 is 0 Å². The average Bonchev–Trinajstić information content (AvgIpc) is 2.02. The third-order valence-corrected chi connectivity index (χ3v) is 1.38. The fourth-order valence-corrected chi connectivity index (χ4v) is 0.874. The standard InChI is InChI=1S/C7H6F3NO2/c1-13-11-5(7(8,9)10)3-2-4-6(11)12/h2-4H,1H3. The number of halogens is 3. The van der Waals surface area contributed by atoms with Gasteiger partial charge in [0, 0.05) is 6.07 Å². The normalized spacial score (nSPS) is 11.4. The molecule has 1 aromatic rings. The molecule has 0 aromatic carbocycles. The summed E-state index contributed by atoms with van der Waals surface area (Å²) < 4.78 is 36.7. The van der Waals surface area contributed by atoms with Crippen LogP contribution in [0.25, 0.3) is 0 Å². The Labute approximate surface area is 71.3 Å². The van der Waals surface area contributed by atoms with Crippen LogP contribution in [-0.2, 0) is 6.18 Å². The lowest BCUT2D eigenvalue weighted by Crippen LogP contribution is -2.30. The first-order valence-electron chi connectivity index (χ1n) is 3.30. The van der Waals surface area contributed by atoms with Crippen molar-refractivity contribution < 1.29 is 18.0 Å². The maximum atomic E-state index is 12.2. The maximum Gasteiger partial charge on any atom is 0.434 e.